The van der Waals surface area contributed by atoms with Gasteiger partial charge in [0.2, 0.25) is 10.0 Å². The zero-order chi connectivity index (χ0) is 28.3. The van der Waals surface area contributed by atoms with Crippen molar-refractivity contribution in [2.45, 2.75) is 10.9 Å². The van der Waals surface area contributed by atoms with E-state index in [1.165, 1.54) is 57.5 Å². The molecule has 2 saturated heterocycles. The number of ether oxygens (including phenoxy) is 3. The Bertz CT molecular complexity index is 1370. The number of nitrogens with zero attached hydrogens (tertiary/aromatic N) is 3. The first-order valence-corrected chi connectivity index (χ1v) is 13.9. The Morgan fingerprint density at radius 1 is 1.00 bits per heavy atom. The number of hydrogen-bond acceptors (Lipinski definition) is 9. The van der Waals surface area contributed by atoms with Crippen molar-refractivity contribution in [2.75, 3.05) is 67.7 Å². The van der Waals surface area contributed by atoms with Crippen LogP contribution in [0, 0.1) is 0 Å². The molecular weight excluding hydrogens is 526 g/mol. The lowest BCUT2D eigenvalue weighted by Gasteiger charge is -2.31. The molecule has 2 aliphatic heterocycles. The summed E-state index contributed by atoms with van der Waals surface area (Å²) in [5.41, 5.74) is 0.684. The lowest BCUT2D eigenvalue weighted by atomic mass is 9.95. The molecule has 0 aliphatic carbocycles. The lowest BCUT2D eigenvalue weighted by molar-refractivity contribution is -0.140. The molecule has 0 radical (unpaired) electrons. The Morgan fingerprint density at radius 3 is 2.23 bits per heavy atom. The molecule has 2 aliphatic rings. The number of aliphatic hydroxyl groups is 1. The van der Waals surface area contributed by atoms with Crippen LogP contribution in [0.3, 0.4) is 0 Å². The number of benzene rings is 2. The summed E-state index contributed by atoms with van der Waals surface area (Å²) in [5.74, 6) is -1.05. The van der Waals surface area contributed by atoms with Crippen LogP contribution in [0.4, 0.5) is 0 Å². The minimum absolute atomic E-state index is 0.0338. The van der Waals surface area contributed by atoms with E-state index < -0.39 is 33.5 Å². The molecule has 210 valence electrons. The number of morpholine rings is 1. The van der Waals surface area contributed by atoms with E-state index >= 15 is 0 Å². The van der Waals surface area contributed by atoms with Gasteiger partial charge in [-0.05, 0) is 42.0 Å². The Kier molecular flexibility index (Phi) is 8.60. The van der Waals surface area contributed by atoms with E-state index in [9.17, 15) is 23.1 Å². The van der Waals surface area contributed by atoms with E-state index in [4.69, 9.17) is 14.2 Å². The first-order chi connectivity index (χ1) is 18.6. The molecule has 2 aromatic rings. The normalized spacial score (nSPS) is 20.0. The summed E-state index contributed by atoms with van der Waals surface area (Å²) in [5, 5.41) is 11.3. The van der Waals surface area contributed by atoms with Crippen LogP contribution in [0.1, 0.15) is 17.2 Å². The van der Waals surface area contributed by atoms with Gasteiger partial charge in [-0.1, -0.05) is 6.07 Å². The maximum absolute atomic E-state index is 13.4. The highest BCUT2D eigenvalue weighted by molar-refractivity contribution is 7.89. The summed E-state index contributed by atoms with van der Waals surface area (Å²) < 4.78 is 42.2. The lowest BCUT2D eigenvalue weighted by Crippen LogP contribution is -2.42. The molecule has 12 heteroatoms. The van der Waals surface area contributed by atoms with Crippen molar-refractivity contribution in [2.24, 2.45) is 0 Å². The van der Waals surface area contributed by atoms with Crippen molar-refractivity contribution in [3.05, 3.63) is 59.2 Å². The molecule has 1 atom stereocenters. The molecule has 0 unspecified atom stereocenters. The molecule has 1 amide bonds. The number of methoxy groups -OCH3 is 2. The second kappa shape index (κ2) is 11.7. The molecule has 2 fully saturated rings. The fourth-order valence-electron chi connectivity index (χ4n) is 4.71. The summed E-state index contributed by atoms with van der Waals surface area (Å²) >= 11 is 0. The van der Waals surface area contributed by atoms with E-state index in [-0.39, 0.29) is 22.6 Å². The Hall–Kier alpha value is -3.45. The molecule has 2 heterocycles. The highest BCUT2D eigenvalue weighted by atomic mass is 32.2. The van der Waals surface area contributed by atoms with E-state index in [1.54, 1.807) is 18.2 Å². The van der Waals surface area contributed by atoms with Gasteiger partial charge in [0, 0.05) is 45.8 Å². The van der Waals surface area contributed by atoms with Crippen molar-refractivity contribution < 1.29 is 37.3 Å². The van der Waals surface area contributed by atoms with Crippen LogP contribution in [0.15, 0.2) is 52.9 Å². The molecule has 39 heavy (non-hydrogen) atoms. The fourth-order valence-corrected chi connectivity index (χ4v) is 5.61. The standard InChI is InChI=1S/C27H33N3O8S/c1-28(2)39(34,35)20-8-5-18(6-9-20)25(31)23-24(19-7-10-21(36-3)22(17-19)37-4)30(27(33)26(23)32)12-11-29-13-15-38-16-14-29/h5-10,17,24,31H,11-16H2,1-4H3/t24-/m0/s1. The van der Waals surface area contributed by atoms with Crippen molar-refractivity contribution in [1.82, 2.24) is 14.1 Å². The largest absolute Gasteiger partial charge is 0.507 e. The third-order valence-corrected chi connectivity index (χ3v) is 8.76. The summed E-state index contributed by atoms with van der Waals surface area (Å²) in [6.07, 6.45) is 0. The monoisotopic (exact) mass is 559 g/mol. The predicted molar refractivity (Wildman–Crippen MR) is 143 cm³/mol. The van der Waals surface area contributed by atoms with Crippen LogP contribution in [0.25, 0.3) is 5.76 Å². The van der Waals surface area contributed by atoms with Crippen molar-refractivity contribution in [1.29, 1.82) is 0 Å². The zero-order valence-corrected chi connectivity index (χ0v) is 23.2. The number of rotatable bonds is 9. The minimum atomic E-state index is -3.69. The maximum atomic E-state index is 13.4. The zero-order valence-electron chi connectivity index (χ0n) is 22.4. The SMILES string of the molecule is COc1ccc([C@H]2C(=C(O)c3ccc(S(=O)(=O)N(C)C)cc3)C(=O)C(=O)N2CCN2CCOCC2)cc1OC. The van der Waals surface area contributed by atoms with Crippen molar-refractivity contribution >= 4 is 27.5 Å². The van der Waals surface area contributed by atoms with E-state index in [2.05, 4.69) is 4.90 Å². The molecule has 0 aromatic heterocycles. The van der Waals surface area contributed by atoms with Gasteiger partial charge in [-0.25, -0.2) is 12.7 Å². The van der Waals surface area contributed by atoms with Gasteiger partial charge < -0.3 is 24.2 Å². The third-order valence-electron chi connectivity index (χ3n) is 6.93. The summed E-state index contributed by atoms with van der Waals surface area (Å²) in [6, 6.07) is 9.72. The van der Waals surface area contributed by atoms with Gasteiger partial charge in [-0.15, -0.1) is 0 Å². The number of sulfonamides is 1. The number of amides is 1. The van der Waals surface area contributed by atoms with Crippen molar-refractivity contribution in [3.8, 4) is 11.5 Å². The molecular formula is C27H33N3O8S. The Balaban J connectivity index is 1.78. The van der Waals surface area contributed by atoms with Gasteiger partial charge in [-0.2, -0.15) is 0 Å². The molecule has 0 saturated carbocycles. The number of ketones is 1. The topological polar surface area (TPSA) is 126 Å². The minimum Gasteiger partial charge on any atom is -0.507 e. The second-order valence-electron chi connectivity index (χ2n) is 9.37. The number of hydrogen-bond donors (Lipinski definition) is 1. The Labute approximate surface area is 228 Å². The van der Waals surface area contributed by atoms with Crippen LogP contribution in [0.5, 0.6) is 11.5 Å². The maximum Gasteiger partial charge on any atom is 0.295 e. The van der Waals surface area contributed by atoms with Gasteiger partial charge in [-0.3, -0.25) is 14.5 Å². The van der Waals surface area contributed by atoms with Crippen LogP contribution in [0.2, 0.25) is 0 Å². The third kappa shape index (κ3) is 5.64. The van der Waals surface area contributed by atoms with Gasteiger partial charge in [0.15, 0.2) is 11.5 Å². The van der Waals surface area contributed by atoms with E-state index in [1.807, 2.05) is 0 Å². The quantitative estimate of drug-likeness (QED) is 0.278. The van der Waals surface area contributed by atoms with Crippen LogP contribution in [-0.4, -0.2) is 107 Å². The summed E-state index contributed by atoms with van der Waals surface area (Å²) in [4.78, 5) is 30.3. The molecule has 4 rings (SSSR count). The number of Topliss-reactive ketones (excluding diaryl/α,β-unsaturated/α-hetero) is 1. The van der Waals surface area contributed by atoms with Crippen LogP contribution < -0.4 is 9.47 Å². The molecule has 1 N–H and O–H groups in total. The summed E-state index contributed by atoms with van der Waals surface area (Å²) in [6.45, 7) is 3.40. The van der Waals surface area contributed by atoms with Crippen LogP contribution in [-0.2, 0) is 24.3 Å². The smallest absolute Gasteiger partial charge is 0.295 e. The van der Waals surface area contributed by atoms with Crippen LogP contribution >= 0.6 is 0 Å². The number of aliphatic hydroxyl groups excluding tert-OH is 1. The number of carbonyl (C=O) groups excluding carboxylic acids is 2. The van der Waals surface area contributed by atoms with Crippen molar-refractivity contribution in [3.63, 3.8) is 0 Å². The molecule has 2 aromatic carbocycles. The highest BCUT2D eigenvalue weighted by Crippen LogP contribution is 2.42. The summed E-state index contributed by atoms with van der Waals surface area (Å²) in [7, 11) is 2.15. The number of carbonyl (C=O) groups is 2. The van der Waals surface area contributed by atoms with Gasteiger partial charge >= 0.3 is 0 Å². The van der Waals surface area contributed by atoms with Gasteiger partial charge in [0.1, 0.15) is 5.76 Å². The predicted octanol–water partition coefficient (Wildman–Crippen LogP) is 1.71. The average molecular weight is 560 g/mol. The first-order valence-electron chi connectivity index (χ1n) is 12.4. The van der Waals surface area contributed by atoms with E-state index in [0.29, 0.717) is 49.9 Å². The Morgan fingerprint density at radius 2 is 1.64 bits per heavy atom. The number of likely N-dealkylation sites (tertiary alicyclic amines) is 1. The highest BCUT2D eigenvalue weighted by Gasteiger charge is 2.46. The van der Waals surface area contributed by atoms with Gasteiger partial charge in [0.05, 0.1) is 43.9 Å². The first kappa shape index (κ1) is 28.6. The molecule has 0 bridgehead atoms. The fraction of sp³-hybridized carbons (Fsp3) is 0.407. The molecule has 0 spiro atoms. The molecule has 11 nitrogen and oxygen atoms in total. The van der Waals surface area contributed by atoms with E-state index in [0.717, 1.165) is 4.31 Å². The second-order valence-corrected chi connectivity index (χ2v) is 11.5. The van der Waals surface area contributed by atoms with Gasteiger partial charge in [0.25, 0.3) is 11.7 Å². The average Bonchev–Trinajstić information content (AvgIpc) is 3.20.